The molecule has 0 radical (unpaired) electrons. The standard InChI is InChI=1S/C24H21Cl2N3O4S/c1-14-4-7-16(8-5-14)34(32,33)29-13-18(24(2,3)31)17-9-6-15(10-21(17)29)23(30)28-22-19(25)11-27-12-20(22)26/h4-13,31H,1-3H3,(H,27,28,30). The summed E-state index contributed by atoms with van der Waals surface area (Å²) in [6.07, 6.45) is 4.08. The molecule has 0 aliphatic rings. The number of hydrogen-bond acceptors (Lipinski definition) is 5. The first-order chi connectivity index (χ1) is 15.9. The van der Waals surface area contributed by atoms with Crippen molar-refractivity contribution in [1.29, 1.82) is 0 Å². The van der Waals surface area contributed by atoms with Crippen LogP contribution in [0.4, 0.5) is 5.69 Å². The topological polar surface area (TPSA) is 101 Å². The van der Waals surface area contributed by atoms with Gasteiger partial charge in [0.05, 0.1) is 31.7 Å². The summed E-state index contributed by atoms with van der Waals surface area (Å²) in [5.74, 6) is -0.540. The number of anilines is 1. The molecule has 0 saturated heterocycles. The minimum atomic E-state index is -4.01. The van der Waals surface area contributed by atoms with Crippen molar-refractivity contribution in [2.24, 2.45) is 0 Å². The molecule has 176 valence electrons. The maximum absolute atomic E-state index is 13.5. The van der Waals surface area contributed by atoms with Crippen LogP contribution in [0.1, 0.15) is 35.3 Å². The number of amides is 1. The van der Waals surface area contributed by atoms with Gasteiger partial charge in [0.2, 0.25) is 0 Å². The number of carbonyl (C=O) groups is 1. The van der Waals surface area contributed by atoms with Crippen LogP contribution < -0.4 is 5.32 Å². The predicted molar refractivity (Wildman–Crippen MR) is 133 cm³/mol. The van der Waals surface area contributed by atoms with E-state index in [-0.39, 0.29) is 31.7 Å². The Morgan fingerprint density at radius 2 is 1.68 bits per heavy atom. The molecular formula is C24H21Cl2N3O4S. The Labute approximate surface area is 207 Å². The molecule has 0 aliphatic heterocycles. The number of nitrogens with zero attached hydrogens (tertiary/aromatic N) is 2. The molecule has 0 aliphatic carbocycles. The molecule has 2 N–H and O–H groups in total. The van der Waals surface area contributed by atoms with Crippen LogP contribution in [0.2, 0.25) is 10.0 Å². The van der Waals surface area contributed by atoms with Gasteiger partial charge >= 0.3 is 0 Å². The van der Waals surface area contributed by atoms with Gasteiger partial charge in [-0.2, -0.15) is 0 Å². The van der Waals surface area contributed by atoms with E-state index in [9.17, 15) is 18.3 Å². The minimum absolute atomic E-state index is 0.0856. The number of hydrogen-bond donors (Lipinski definition) is 2. The van der Waals surface area contributed by atoms with Gasteiger partial charge in [0.15, 0.2) is 0 Å². The molecule has 0 spiro atoms. The second kappa shape index (κ2) is 8.70. The molecule has 4 rings (SSSR count). The molecule has 2 aromatic carbocycles. The third kappa shape index (κ3) is 4.42. The summed E-state index contributed by atoms with van der Waals surface area (Å²) in [5.41, 5.74) is 0.623. The number of rotatable bonds is 5. The van der Waals surface area contributed by atoms with Crippen molar-refractivity contribution in [2.75, 3.05) is 5.32 Å². The van der Waals surface area contributed by atoms with E-state index < -0.39 is 21.5 Å². The number of benzene rings is 2. The molecule has 0 unspecified atom stereocenters. The van der Waals surface area contributed by atoms with Crippen LogP contribution in [0, 0.1) is 6.92 Å². The highest BCUT2D eigenvalue weighted by molar-refractivity contribution is 7.90. The predicted octanol–water partition coefficient (Wildman–Crippen LogP) is 5.37. The second-order valence-electron chi connectivity index (χ2n) is 8.38. The first kappa shape index (κ1) is 24.2. The Morgan fingerprint density at radius 3 is 2.26 bits per heavy atom. The molecule has 0 bridgehead atoms. The number of nitrogens with one attached hydrogen (secondary N) is 1. The summed E-state index contributed by atoms with van der Waals surface area (Å²) >= 11 is 12.2. The van der Waals surface area contributed by atoms with Crippen LogP contribution >= 0.6 is 23.2 Å². The number of carbonyl (C=O) groups excluding carboxylic acids is 1. The van der Waals surface area contributed by atoms with Crippen LogP contribution in [0.5, 0.6) is 0 Å². The first-order valence-electron chi connectivity index (χ1n) is 10.2. The van der Waals surface area contributed by atoms with Crippen molar-refractivity contribution >= 4 is 55.7 Å². The Bertz CT molecular complexity index is 1500. The van der Waals surface area contributed by atoms with Gasteiger partial charge in [-0.15, -0.1) is 0 Å². The third-order valence-corrected chi connectivity index (χ3v) is 7.62. The van der Waals surface area contributed by atoms with Gasteiger partial charge in [0, 0.05) is 35.1 Å². The molecule has 1 amide bonds. The molecule has 0 fully saturated rings. The van der Waals surface area contributed by atoms with Crippen LogP contribution in [0.3, 0.4) is 0 Å². The Balaban J connectivity index is 1.87. The van der Waals surface area contributed by atoms with E-state index in [1.165, 1.54) is 36.8 Å². The van der Waals surface area contributed by atoms with Crippen LogP contribution in [-0.4, -0.2) is 28.4 Å². The quantitative estimate of drug-likeness (QED) is 0.370. The lowest BCUT2D eigenvalue weighted by Gasteiger charge is -2.16. The third-order valence-electron chi connectivity index (χ3n) is 5.36. The molecular weight excluding hydrogens is 497 g/mol. The summed E-state index contributed by atoms with van der Waals surface area (Å²) in [4.78, 5) is 16.9. The fourth-order valence-corrected chi connectivity index (χ4v) is 5.39. The lowest BCUT2D eigenvalue weighted by atomic mass is 9.97. The Hall–Kier alpha value is -2.91. The SMILES string of the molecule is Cc1ccc(S(=O)(=O)n2cc(C(C)(C)O)c3ccc(C(=O)Nc4c(Cl)cncc4Cl)cc32)cc1. The zero-order valence-electron chi connectivity index (χ0n) is 18.5. The van der Waals surface area contributed by atoms with E-state index in [1.807, 2.05) is 6.92 Å². The highest BCUT2D eigenvalue weighted by Gasteiger charge is 2.28. The normalized spacial score (nSPS) is 12.2. The number of aromatic nitrogens is 2. The van der Waals surface area contributed by atoms with Crippen LogP contribution in [0.25, 0.3) is 10.9 Å². The van der Waals surface area contributed by atoms with E-state index in [0.717, 1.165) is 9.54 Å². The monoisotopic (exact) mass is 517 g/mol. The van der Waals surface area contributed by atoms with E-state index in [1.54, 1.807) is 38.1 Å². The molecule has 2 heterocycles. The van der Waals surface area contributed by atoms with E-state index in [2.05, 4.69) is 10.3 Å². The molecule has 34 heavy (non-hydrogen) atoms. The van der Waals surface area contributed by atoms with Crippen molar-refractivity contribution in [2.45, 2.75) is 31.3 Å². The van der Waals surface area contributed by atoms with Gasteiger partial charge in [0.25, 0.3) is 15.9 Å². The van der Waals surface area contributed by atoms with Crippen molar-refractivity contribution < 1.29 is 18.3 Å². The van der Waals surface area contributed by atoms with Crippen LogP contribution in [-0.2, 0) is 15.6 Å². The van der Waals surface area contributed by atoms with Crippen LogP contribution in [0.15, 0.2) is 66.0 Å². The number of pyridine rings is 1. The highest BCUT2D eigenvalue weighted by Crippen LogP contribution is 2.34. The van der Waals surface area contributed by atoms with Gasteiger partial charge in [-0.1, -0.05) is 47.0 Å². The van der Waals surface area contributed by atoms with Crippen molar-refractivity contribution in [3.63, 3.8) is 0 Å². The van der Waals surface area contributed by atoms with E-state index in [0.29, 0.717) is 10.9 Å². The van der Waals surface area contributed by atoms with Crippen molar-refractivity contribution in [1.82, 2.24) is 8.96 Å². The molecule has 2 aromatic heterocycles. The zero-order valence-corrected chi connectivity index (χ0v) is 20.8. The minimum Gasteiger partial charge on any atom is -0.386 e. The fraction of sp³-hybridized carbons (Fsp3) is 0.167. The summed E-state index contributed by atoms with van der Waals surface area (Å²) in [7, 11) is -4.01. The second-order valence-corrected chi connectivity index (χ2v) is 11.0. The first-order valence-corrected chi connectivity index (χ1v) is 12.4. The lowest BCUT2D eigenvalue weighted by Crippen LogP contribution is -2.16. The highest BCUT2D eigenvalue weighted by atomic mass is 35.5. The van der Waals surface area contributed by atoms with E-state index >= 15 is 0 Å². The number of halogens is 2. The molecule has 4 aromatic rings. The fourth-order valence-electron chi connectivity index (χ4n) is 3.57. The molecule has 0 saturated carbocycles. The number of fused-ring (bicyclic) bond motifs is 1. The van der Waals surface area contributed by atoms with Gasteiger partial charge < -0.3 is 10.4 Å². The smallest absolute Gasteiger partial charge is 0.268 e. The number of aliphatic hydroxyl groups is 1. The maximum atomic E-state index is 13.5. The van der Waals surface area contributed by atoms with Gasteiger partial charge in [-0.05, 0) is 45.0 Å². The summed E-state index contributed by atoms with van der Waals surface area (Å²) < 4.78 is 28.1. The Morgan fingerprint density at radius 1 is 1.06 bits per heavy atom. The molecule has 0 atom stereocenters. The number of aryl methyl sites for hydroxylation is 1. The zero-order chi connectivity index (χ0) is 24.8. The van der Waals surface area contributed by atoms with Gasteiger partial charge in [-0.3, -0.25) is 9.78 Å². The average molecular weight is 518 g/mol. The van der Waals surface area contributed by atoms with Gasteiger partial charge in [0.1, 0.15) is 0 Å². The van der Waals surface area contributed by atoms with Crippen molar-refractivity contribution in [3.8, 4) is 0 Å². The summed E-state index contributed by atoms with van der Waals surface area (Å²) in [6, 6.07) is 11.0. The van der Waals surface area contributed by atoms with E-state index in [4.69, 9.17) is 23.2 Å². The Kier molecular flexibility index (Phi) is 6.20. The lowest BCUT2D eigenvalue weighted by molar-refractivity contribution is 0.0801. The molecule has 10 heteroatoms. The average Bonchev–Trinajstić information content (AvgIpc) is 3.17. The summed E-state index contributed by atoms with van der Waals surface area (Å²) in [6.45, 7) is 5.00. The van der Waals surface area contributed by atoms with Crippen molar-refractivity contribution in [3.05, 3.63) is 87.8 Å². The summed E-state index contributed by atoms with van der Waals surface area (Å²) in [5, 5.41) is 14.2. The molecule has 7 nitrogen and oxygen atoms in total. The largest absolute Gasteiger partial charge is 0.386 e. The van der Waals surface area contributed by atoms with Gasteiger partial charge in [-0.25, -0.2) is 12.4 Å². The maximum Gasteiger partial charge on any atom is 0.268 e.